The van der Waals surface area contributed by atoms with E-state index in [4.69, 9.17) is 5.73 Å². The van der Waals surface area contributed by atoms with Crippen molar-refractivity contribution in [2.24, 2.45) is 23.5 Å². The number of primary amides is 1. The topological polar surface area (TPSA) is 109 Å². The first-order chi connectivity index (χ1) is 13.5. The predicted molar refractivity (Wildman–Crippen MR) is 103 cm³/mol. The first-order valence-electron chi connectivity index (χ1n) is 10.4. The number of carbonyl (C=O) groups excluding carboxylic acids is 2. The van der Waals surface area contributed by atoms with Crippen LogP contribution in [0.1, 0.15) is 31.4 Å². The zero-order chi connectivity index (χ0) is 19.7. The molecule has 154 valence electrons. The monoisotopic (exact) mass is 389 g/mol. The van der Waals surface area contributed by atoms with Gasteiger partial charge in [-0.05, 0) is 45.2 Å². The zero-order valence-corrected chi connectivity index (χ0v) is 16.6. The Balaban J connectivity index is 1.33. The van der Waals surface area contributed by atoms with Gasteiger partial charge in [-0.15, -0.1) is 5.10 Å². The number of nitrogens with two attached hydrogens (primary N) is 1. The van der Waals surface area contributed by atoms with Crippen LogP contribution in [0.3, 0.4) is 0 Å². The number of fused-ring (bicyclic) bond motifs is 3. The van der Waals surface area contributed by atoms with Crippen molar-refractivity contribution in [2.45, 2.75) is 44.8 Å². The summed E-state index contributed by atoms with van der Waals surface area (Å²) in [7, 11) is 1.90. The number of hydrogen-bond acceptors (Lipinski definition) is 6. The van der Waals surface area contributed by atoms with Crippen molar-refractivity contribution in [2.75, 3.05) is 33.2 Å². The van der Waals surface area contributed by atoms with Crippen LogP contribution < -0.4 is 11.1 Å². The van der Waals surface area contributed by atoms with Gasteiger partial charge in [0.2, 0.25) is 11.8 Å². The second kappa shape index (κ2) is 8.16. The van der Waals surface area contributed by atoms with Gasteiger partial charge >= 0.3 is 0 Å². The van der Waals surface area contributed by atoms with Gasteiger partial charge < -0.3 is 16.0 Å². The summed E-state index contributed by atoms with van der Waals surface area (Å²) in [6, 6.07) is 0.424. The molecule has 2 amide bonds. The van der Waals surface area contributed by atoms with Crippen LogP contribution in [0.25, 0.3) is 0 Å². The minimum absolute atomic E-state index is 0.0736. The molecule has 4 saturated heterocycles. The van der Waals surface area contributed by atoms with Crippen molar-refractivity contribution in [3.63, 3.8) is 0 Å². The number of nitrogens with zero attached hydrogens (tertiary/aromatic N) is 5. The van der Waals surface area contributed by atoms with Crippen LogP contribution in [0.5, 0.6) is 0 Å². The molecule has 28 heavy (non-hydrogen) atoms. The largest absolute Gasteiger partial charge is 0.369 e. The molecule has 1 aromatic heterocycles. The molecule has 4 aliphatic heterocycles. The maximum Gasteiger partial charge on any atom is 0.227 e. The van der Waals surface area contributed by atoms with E-state index >= 15 is 0 Å². The lowest BCUT2D eigenvalue weighted by Gasteiger charge is -2.50. The molecule has 0 aromatic carbocycles. The second-order valence-corrected chi connectivity index (χ2v) is 8.50. The Bertz CT molecular complexity index is 713. The highest BCUT2D eigenvalue weighted by Gasteiger charge is 2.45. The average molecular weight is 390 g/mol. The average Bonchev–Trinajstić information content (AvgIpc) is 3.15. The lowest BCUT2D eigenvalue weighted by molar-refractivity contribution is -0.146. The standard InChI is InChI=1S/C19H31N7O2/c1-21-9-15-10-26(23-22-15)11-16-8-14-4-7-25(16)12-17(14)19(28)24-5-2-13(3-6-24)18(20)27/h10,13-14,16-17,21H,2-9,11-12H2,1H3,(H2,20,27)/t14?,16-,17+/m1/s1. The Morgan fingerprint density at radius 1 is 1.25 bits per heavy atom. The van der Waals surface area contributed by atoms with E-state index in [1.54, 1.807) is 0 Å². The lowest BCUT2D eigenvalue weighted by atomic mass is 9.74. The summed E-state index contributed by atoms with van der Waals surface area (Å²) in [5.74, 6) is 0.495. The molecule has 9 heteroatoms. The highest BCUT2D eigenvalue weighted by molar-refractivity contribution is 5.81. The van der Waals surface area contributed by atoms with Gasteiger partial charge in [-0.3, -0.25) is 19.2 Å². The summed E-state index contributed by atoms with van der Waals surface area (Å²) in [5.41, 5.74) is 6.36. The maximum atomic E-state index is 13.1. The Morgan fingerprint density at radius 3 is 2.68 bits per heavy atom. The van der Waals surface area contributed by atoms with Crippen LogP contribution in [0.2, 0.25) is 0 Å². The van der Waals surface area contributed by atoms with Crippen LogP contribution in [0.15, 0.2) is 6.20 Å². The summed E-state index contributed by atoms with van der Waals surface area (Å²) in [5, 5.41) is 11.5. The molecule has 4 fully saturated rings. The molecule has 0 radical (unpaired) electrons. The number of nitrogens with one attached hydrogen (secondary N) is 1. The molecule has 3 N–H and O–H groups in total. The molecule has 0 aliphatic carbocycles. The zero-order valence-electron chi connectivity index (χ0n) is 16.6. The normalized spacial score (nSPS) is 30.5. The first kappa shape index (κ1) is 19.3. The van der Waals surface area contributed by atoms with Gasteiger partial charge in [-0.1, -0.05) is 5.21 Å². The second-order valence-electron chi connectivity index (χ2n) is 8.50. The molecule has 2 unspecified atom stereocenters. The van der Waals surface area contributed by atoms with Crippen molar-refractivity contribution in [1.29, 1.82) is 0 Å². The predicted octanol–water partition coefficient (Wildman–Crippen LogP) is -0.568. The molecule has 1 aromatic rings. The van der Waals surface area contributed by atoms with Gasteiger partial charge in [0.15, 0.2) is 0 Å². The first-order valence-corrected chi connectivity index (χ1v) is 10.4. The smallest absolute Gasteiger partial charge is 0.227 e. The van der Waals surface area contributed by atoms with E-state index in [1.807, 2.05) is 22.8 Å². The Hall–Kier alpha value is -2.00. The van der Waals surface area contributed by atoms with Crippen LogP contribution in [0.4, 0.5) is 0 Å². The summed E-state index contributed by atoms with van der Waals surface area (Å²) in [4.78, 5) is 28.9. The number of rotatable bonds is 6. The van der Waals surface area contributed by atoms with E-state index < -0.39 is 0 Å². The molecule has 5 heterocycles. The van der Waals surface area contributed by atoms with Crippen LogP contribution in [0, 0.1) is 17.8 Å². The van der Waals surface area contributed by atoms with E-state index in [9.17, 15) is 9.59 Å². The summed E-state index contributed by atoms with van der Waals surface area (Å²) < 4.78 is 1.93. The fourth-order valence-corrected chi connectivity index (χ4v) is 5.13. The number of amides is 2. The van der Waals surface area contributed by atoms with E-state index in [-0.39, 0.29) is 23.7 Å². The molecule has 0 saturated carbocycles. The molecule has 9 nitrogen and oxygen atoms in total. The third-order valence-electron chi connectivity index (χ3n) is 6.75. The summed E-state index contributed by atoms with van der Waals surface area (Å²) >= 11 is 0. The third kappa shape index (κ3) is 3.91. The molecule has 5 rings (SSSR count). The van der Waals surface area contributed by atoms with Crippen molar-refractivity contribution in [3.05, 3.63) is 11.9 Å². The molecule has 4 aliphatic rings. The van der Waals surface area contributed by atoms with Crippen molar-refractivity contribution in [3.8, 4) is 0 Å². The van der Waals surface area contributed by atoms with Crippen LogP contribution >= 0.6 is 0 Å². The third-order valence-corrected chi connectivity index (χ3v) is 6.75. The Morgan fingerprint density at radius 2 is 2.04 bits per heavy atom. The Labute approximate surface area is 165 Å². The number of aromatic nitrogens is 3. The fourth-order valence-electron chi connectivity index (χ4n) is 5.13. The fraction of sp³-hybridized carbons (Fsp3) is 0.789. The molecular weight excluding hydrogens is 358 g/mol. The van der Waals surface area contributed by atoms with Gasteiger partial charge in [-0.25, -0.2) is 0 Å². The minimum atomic E-state index is -0.233. The quantitative estimate of drug-likeness (QED) is 0.675. The number of piperidine rings is 4. The molecule has 4 atom stereocenters. The van der Waals surface area contributed by atoms with Gasteiger partial charge in [0, 0.05) is 44.3 Å². The maximum absolute atomic E-state index is 13.1. The van der Waals surface area contributed by atoms with Gasteiger partial charge in [-0.2, -0.15) is 0 Å². The molecule has 0 spiro atoms. The van der Waals surface area contributed by atoms with Crippen molar-refractivity contribution >= 4 is 11.8 Å². The molecule has 2 bridgehead atoms. The number of likely N-dealkylation sites (tertiary alicyclic amines) is 1. The van der Waals surface area contributed by atoms with E-state index in [2.05, 4.69) is 20.5 Å². The van der Waals surface area contributed by atoms with Crippen molar-refractivity contribution in [1.82, 2.24) is 30.1 Å². The van der Waals surface area contributed by atoms with E-state index in [1.165, 1.54) is 0 Å². The van der Waals surface area contributed by atoms with E-state index in [0.717, 1.165) is 44.7 Å². The highest BCUT2D eigenvalue weighted by atomic mass is 16.2. The Kier molecular flexibility index (Phi) is 5.63. The highest BCUT2D eigenvalue weighted by Crippen LogP contribution is 2.38. The minimum Gasteiger partial charge on any atom is -0.369 e. The summed E-state index contributed by atoms with van der Waals surface area (Å²) in [6.07, 6.45) is 5.53. The number of carbonyl (C=O) groups is 2. The van der Waals surface area contributed by atoms with Crippen molar-refractivity contribution < 1.29 is 9.59 Å². The SMILES string of the molecule is CNCc1cn(C[C@H]2CC3CCN2C[C@@H]3C(=O)N2CCC(C(N)=O)CC2)nn1. The van der Waals surface area contributed by atoms with Gasteiger partial charge in [0.1, 0.15) is 0 Å². The van der Waals surface area contributed by atoms with Crippen LogP contribution in [-0.4, -0.2) is 75.9 Å². The summed E-state index contributed by atoms with van der Waals surface area (Å²) in [6.45, 7) is 4.76. The lowest BCUT2D eigenvalue weighted by Crippen LogP contribution is -2.59. The van der Waals surface area contributed by atoms with E-state index in [0.29, 0.717) is 37.9 Å². The number of hydrogen-bond donors (Lipinski definition) is 2. The van der Waals surface area contributed by atoms with Crippen LogP contribution in [-0.2, 0) is 22.7 Å². The molecular formula is C19H31N7O2. The van der Waals surface area contributed by atoms with Gasteiger partial charge in [0.25, 0.3) is 0 Å². The van der Waals surface area contributed by atoms with Gasteiger partial charge in [0.05, 0.1) is 18.2 Å².